The summed E-state index contributed by atoms with van der Waals surface area (Å²) >= 11 is 6.25. The van der Waals surface area contributed by atoms with Gasteiger partial charge in [-0.15, -0.1) is 0 Å². The Hall–Kier alpha value is -2.54. The van der Waals surface area contributed by atoms with E-state index in [4.69, 9.17) is 16.3 Å². The number of amides is 1. The summed E-state index contributed by atoms with van der Waals surface area (Å²) in [7, 11) is 2.18. The lowest BCUT2D eigenvalue weighted by molar-refractivity contribution is -0.120. The van der Waals surface area contributed by atoms with Gasteiger partial charge in [-0.2, -0.15) is 0 Å². The number of aromatic nitrogens is 1. The molecular formula is C26H31ClN4O2. The fraction of sp³-hybridized carbons (Fsp3) is 0.423. The van der Waals surface area contributed by atoms with Crippen LogP contribution in [0.5, 0.6) is 5.75 Å². The summed E-state index contributed by atoms with van der Waals surface area (Å²) in [5.41, 5.74) is 4.46. The van der Waals surface area contributed by atoms with Crippen LogP contribution in [0.15, 0.2) is 42.5 Å². The van der Waals surface area contributed by atoms with E-state index in [1.54, 1.807) is 0 Å². The maximum atomic E-state index is 11.9. The zero-order valence-electron chi connectivity index (χ0n) is 19.1. The third kappa shape index (κ3) is 4.74. The number of carbonyl (C=O) groups is 1. The lowest BCUT2D eigenvalue weighted by Crippen LogP contribution is -2.44. The number of nitrogens with one attached hydrogen (secondary N) is 1. The Balaban J connectivity index is 1.26. The molecule has 3 heterocycles. The largest absolute Gasteiger partial charge is 0.494 e. The van der Waals surface area contributed by atoms with Crippen molar-refractivity contribution in [3.05, 3.63) is 64.3 Å². The Morgan fingerprint density at radius 3 is 2.64 bits per heavy atom. The maximum absolute atomic E-state index is 11.9. The lowest BCUT2D eigenvalue weighted by atomic mass is 9.93. The normalized spacial score (nSPS) is 19.6. The van der Waals surface area contributed by atoms with E-state index in [1.165, 1.54) is 5.56 Å². The molecule has 0 aliphatic carbocycles. The molecule has 2 aliphatic heterocycles. The summed E-state index contributed by atoms with van der Waals surface area (Å²) in [6, 6.07) is 14.0. The molecule has 3 aromatic rings. The standard InChI is InChI=1S/C26H31ClN4O2/c1-29-12-14-30(15-13-29)10-2-16-33-21-6-3-19(4-7-21)26-25-22(9-11-31(26)18-32)23-17-20(27)5-8-24(23)28-25/h3-8,17-18,26,28H,2,9-16H2,1H3. The second kappa shape index (κ2) is 9.75. The van der Waals surface area contributed by atoms with Gasteiger partial charge in [0.15, 0.2) is 0 Å². The highest BCUT2D eigenvalue weighted by molar-refractivity contribution is 6.31. The van der Waals surface area contributed by atoms with Crippen molar-refractivity contribution in [3.8, 4) is 5.75 Å². The van der Waals surface area contributed by atoms with Crippen LogP contribution in [0.3, 0.4) is 0 Å². The van der Waals surface area contributed by atoms with Gasteiger partial charge >= 0.3 is 0 Å². The van der Waals surface area contributed by atoms with Gasteiger partial charge in [0.2, 0.25) is 6.41 Å². The summed E-state index contributed by atoms with van der Waals surface area (Å²) in [6.45, 7) is 7.05. The number of piperazine rings is 1. The van der Waals surface area contributed by atoms with Gasteiger partial charge in [0, 0.05) is 60.9 Å². The summed E-state index contributed by atoms with van der Waals surface area (Å²) in [4.78, 5) is 22.2. The van der Waals surface area contributed by atoms with Crippen LogP contribution in [0.25, 0.3) is 10.9 Å². The van der Waals surface area contributed by atoms with E-state index in [1.807, 2.05) is 35.2 Å². The first-order valence-corrected chi connectivity index (χ1v) is 12.1. The van der Waals surface area contributed by atoms with Crippen LogP contribution in [0.2, 0.25) is 5.02 Å². The maximum Gasteiger partial charge on any atom is 0.210 e. The summed E-state index contributed by atoms with van der Waals surface area (Å²) < 4.78 is 6.00. The number of nitrogens with zero attached hydrogens (tertiary/aromatic N) is 3. The fourth-order valence-electron chi connectivity index (χ4n) is 5.05. The van der Waals surface area contributed by atoms with E-state index >= 15 is 0 Å². The van der Waals surface area contributed by atoms with Gasteiger partial charge in [0.1, 0.15) is 5.75 Å². The van der Waals surface area contributed by atoms with Gasteiger partial charge in [-0.25, -0.2) is 0 Å². The van der Waals surface area contributed by atoms with Gasteiger partial charge in [0.05, 0.1) is 12.6 Å². The third-order valence-electron chi connectivity index (χ3n) is 6.94. The highest BCUT2D eigenvalue weighted by Gasteiger charge is 2.31. The first kappa shape index (κ1) is 22.3. The van der Waals surface area contributed by atoms with Crippen molar-refractivity contribution in [3.63, 3.8) is 0 Å². The molecule has 33 heavy (non-hydrogen) atoms. The first-order valence-electron chi connectivity index (χ1n) is 11.8. The zero-order chi connectivity index (χ0) is 22.8. The fourth-order valence-corrected chi connectivity index (χ4v) is 5.22. The van der Waals surface area contributed by atoms with Crippen molar-refractivity contribution in [2.45, 2.75) is 18.9 Å². The predicted octanol–water partition coefficient (Wildman–Crippen LogP) is 3.94. The van der Waals surface area contributed by atoms with Crippen LogP contribution in [-0.2, 0) is 11.2 Å². The Morgan fingerprint density at radius 2 is 1.88 bits per heavy atom. The second-order valence-electron chi connectivity index (χ2n) is 9.12. The molecule has 0 spiro atoms. The number of likely N-dealkylation sites (N-methyl/N-ethyl adjacent to an activating group) is 1. The molecule has 1 unspecified atom stereocenters. The molecule has 0 radical (unpaired) electrons. The van der Waals surface area contributed by atoms with E-state index in [0.29, 0.717) is 13.2 Å². The molecule has 7 heteroatoms. The van der Waals surface area contributed by atoms with Crippen LogP contribution in [-0.4, -0.2) is 79.0 Å². The van der Waals surface area contributed by atoms with Crippen molar-refractivity contribution in [2.24, 2.45) is 0 Å². The molecule has 1 saturated heterocycles. The van der Waals surface area contributed by atoms with Crippen LogP contribution >= 0.6 is 11.6 Å². The average Bonchev–Trinajstić information content (AvgIpc) is 3.20. The molecule has 2 aromatic carbocycles. The minimum atomic E-state index is -0.135. The summed E-state index contributed by atoms with van der Waals surface area (Å²) in [5, 5.41) is 1.88. The lowest BCUT2D eigenvalue weighted by Gasteiger charge is -2.33. The Kier molecular flexibility index (Phi) is 6.58. The van der Waals surface area contributed by atoms with Crippen molar-refractivity contribution >= 4 is 28.9 Å². The Labute approximate surface area is 200 Å². The molecule has 0 saturated carbocycles. The molecule has 6 nitrogen and oxygen atoms in total. The Morgan fingerprint density at radius 1 is 1.09 bits per heavy atom. The van der Waals surface area contributed by atoms with E-state index in [-0.39, 0.29) is 6.04 Å². The predicted molar refractivity (Wildman–Crippen MR) is 132 cm³/mol. The summed E-state index contributed by atoms with van der Waals surface area (Å²) in [5.74, 6) is 0.870. The number of carbonyl (C=O) groups excluding carboxylic acids is 1. The highest BCUT2D eigenvalue weighted by Crippen LogP contribution is 2.38. The minimum absolute atomic E-state index is 0.135. The van der Waals surface area contributed by atoms with Crippen molar-refractivity contribution < 1.29 is 9.53 Å². The number of hydrogen-bond donors (Lipinski definition) is 1. The van der Waals surface area contributed by atoms with Crippen molar-refractivity contribution in [1.29, 1.82) is 0 Å². The third-order valence-corrected chi connectivity index (χ3v) is 7.18. The average molecular weight is 467 g/mol. The quantitative estimate of drug-likeness (QED) is 0.423. The SMILES string of the molecule is CN1CCN(CCCOc2ccc(C3c4[nH]c5ccc(Cl)cc5c4CCN3C=O)cc2)CC1. The van der Waals surface area contributed by atoms with Gasteiger partial charge in [-0.3, -0.25) is 4.79 Å². The number of benzene rings is 2. The van der Waals surface area contributed by atoms with Crippen LogP contribution in [0.4, 0.5) is 0 Å². The zero-order valence-corrected chi connectivity index (χ0v) is 19.9. The number of rotatable bonds is 7. The molecular weight excluding hydrogens is 436 g/mol. The van der Waals surface area contributed by atoms with Gasteiger partial charge in [-0.1, -0.05) is 23.7 Å². The monoisotopic (exact) mass is 466 g/mol. The second-order valence-corrected chi connectivity index (χ2v) is 9.56. The first-order chi connectivity index (χ1) is 16.1. The molecule has 5 rings (SSSR count). The topological polar surface area (TPSA) is 51.8 Å². The number of halogens is 1. The van der Waals surface area contributed by atoms with E-state index in [9.17, 15) is 4.79 Å². The Bertz CT molecular complexity index is 1110. The van der Waals surface area contributed by atoms with Crippen molar-refractivity contribution in [2.75, 3.05) is 52.9 Å². The van der Waals surface area contributed by atoms with Gasteiger partial charge in [-0.05, 0) is 61.3 Å². The van der Waals surface area contributed by atoms with Crippen LogP contribution in [0.1, 0.15) is 29.3 Å². The van der Waals surface area contributed by atoms with E-state index < -0.39 is 0 Å². The molecule has 1 aromatic heterocycles. The molecule has 0 bridgehead atoms. The van der Waals surface area contributed by atoms with E-state index in [2.05, 4.69) is 34.0 Å². The number of hydrogen-bond acceptors (Lipinski definition) is 4. The number of aromatic amines is 1. The molecule has 1 atom stereocenters. The molecule has 174 valence electrons. The van der Waals surface area contributed by atoms with Crippen molar-refractivity contribution in [1.82, 2.24) is 19.7 Å². The number of ether oxygens (including phenoxy) is 1. The number of fused-ring (bicyclic) bond motifs is 3. The number of H-pyrrole nitrogens is 1. The summed E-state index contributed by atoms with van der Waals surface area (Å²) in [6.07, 6.45) is 2.79. The minimum Gasteiger partial charge on any atom is -0.494 e. The smallest absolute Gasteiger partial charge is 0.210 e. The highest BCUT2D eigenvalue weighted by atomic mass is 35.5. The molecule has 2 aliphatic rings. The molecule has 1 N–H and O–H groups in total. The molecule has 1 fully saturated rings. The molecule has 1 amide bonds. The van der Waals surface area contributed by atoms with Gasteiger partial charge < -0.3 is 24.4 Å². The van der Waals surface area contributed by atoms with E-state index in [0.717, 1.165) is 84.9 Å². The van der Waals surface area contributed by atoms with Crippen LogP contribution < -0.4 is 4.74 Å². The van der Waals surface area contributed by atoms with Crippen LogP contribution in [0, 0.1) is 0 Å². The van der Waals surface area contributed by atoms with Gasteiger partial charge in [0.25, 0.3) is 0 Å².